The minimum absolute atomic E-state index is 0.0694. The zero-order valence-electron chi connectivity index (χ0n) is 11.6. The number of carbonyl (C=O) groups excluding carboxylic acids is 1. The molecule has 1 aromatic carbocycles. The second-order valence-corrected chi connectivity index (χ2v) is 5.04. The number of amides is 1. The summed E-state index contributed by atoms with van der Waals surface area (Å²) in [7, 11) is 0. The van der Waals surface area contributed by atoms with Crippen LogP contribution in [0.3, 0.4) is 0 Å². The van der Waals surface area contributed by atoms with Crippen molar-refractivity contribution in [3.8, 4) is 0 Å². The molecule has 1 aromatic heterocycles. The van der Waals surface area contributed by atoms with Gasteiger partial charge < -0.3 is 11.1 Å². The number of thiocarbonyl (C=S) groups is 1. The summed E-state index contributed by atoms with van der Waals surface area (Å²) in [4.78, 5) is 16.5. The Morgan fingerprint density at radius 1 is 1.29 bits per heavy atom. The first kappa shape index (κ1) is 15.1. The topological polar surface area (TPSA) is 68.0 Å². The van der Waals surface area contributed by atoms with Crippen molar-refractivity contribution in [3.63, 3.8) is 0 Å². The maximum Gasteiger partial charge on any atom is 0.257 e. The Morgan fingerprint density at radius 3 is 2.57 bits per heavy atom. The fraction of sp³-hybridized carbons (Fsp3) is 0.133. The summed E-state index contributed by atoms with van der Waals surface area (Å²) in [6.07, 6.45) is 0. The standard InChI is InChI=1S/C15H14FN3OS/c1-8-3-5-11(9(2)18-8)15(20)19-13-6-4-10(14(17)21)7-12(13)16/h3-7H,1-2H3,(H2,17,21)(H,19,20). The molecule has 1 heterocycles. The SMILES string of the molecule is Cc1ccc(C(=O)Nc2ccc(C(N)=S)cc2F)c(C)n1. The Labute approximate surface area is 127 Å². The first-order valence-electron chi connectivity index (χ1n) is 6.23. The van der Waals surface area contributed by atoms with Gasteiger partial charge in [0.1, 0.15) is 10.8 Å². The van der Waals surface area contributed by atoms with E-state index in [1.165, 1.54) is 12.1 Å². The third-order valence-corrected chi connectivity index (χ3v) is 3.21. The number of nitrogens with zero attached hydrogens (tertiary/aromatic N) is 1. The van der Waals surface area contributed by atoms with Crippen LogP contribution in [0.15, 0.2) is 30.3 Å². The molecule has 6 heteroatoms. The number of pyridine rings is 1. The van der Waals surface area contributed by atoms with E-state index in [1.54, 1.807) is 25.1 Å². The molecule has 0 radical (unpaired) electrons. The van der Waals surface area contributed by atoms with E-state index in [9.17, 15) is 9.18 Å². The molecular formula is C15H14FN3OS. The summed E-state index contributed by atoms with van der Waals surface area (Å²) in [6, 6.07) is 7.57. The lowest BCUT2D eigenvalue weighted by Crippen LogP contribution is -2.16. The van der Waals surface area contributed by atoms with Crippen molar-refractivity contribution in [1.29, 1.82) is 0 Å². The van der Waals surface area contributed by atoms with Crippen LogP contribution in [-0.2, 0) is 0 Å². The van der Waals surface area contributed by atoms with Crippen molar-refractivity contribution in [2.75, 3.05) is 5.32 Å². The number of aromatic nitrogens is 1. The number of carbonyl (C=O) groups is 1. The van der Waals surface area contributed by atoms with Gasteiger partial charge in [0.2, 0.25) is 0 Å². The summed E-state index contributed by atoms with van der Waals surface area (Å²) in [5.74, 6) is -1.01. The molecule has 0 saturated heterocycles. The molecule has 0 aliphatic heterocycles. The first-order chi connectivity index (χ1) is 9.88. The lowest BCUT2D eigenvalue weighted by Gasteiger charge is -2.09. The third kappa shape index (κ3) is 3.41. The van der Waals surface area contributed by atoms with Crippen LogP contribution in [-0.4, -0.2) is 15.9 Å². The molecule has 21 heavy (non-hydrogen) atoms. The Morgan fingerprint density at radius 2 is 2.00 bits per heavy atom. The van der Waals surface area contributed by atoms with Gasteiger partial charge in [-0.1, -0.05) is 12.2 Å². The zero-order valence-corrected chi connectivity index (χ0v) is 12.4. The van der Waals surface area contributed by atoms with Gasteiger partial charge in [-0.3, -0.25) is 9.78 Å². The number of benzene rings is 1. The fourth-order valence-electron chi connectivity index (χ4n) is 1.89. The second-order valence-electron chi connectivity index (χ2n) is 4.60. The minimum atomic E-state index is -0.591. The lowest BCUT2D eigenvalue weighted by atomic mass is 10.1. The lowest BCUT2D eigenvalue weighted by molar-refractivity contribution is 0.102. The van der Waals surface area contributed by atoms with Crippen LogP contribution >= 0.6 is 12.2 Å². The average Bonchev–Trinajstić information content (AvgIpc) is 2.40. The number of halogens is 1. The summed E-state index contributed by atoms with van der Waals surface area (Å²) in [5.41, 5.74) is 7.72. The van der Waals surface area contributed by atoms with Crippen LogP contribution in [0.2, 0.25) is 0 Å². The van der Waals surface area contributed by atoms with Gasteiger partial charge in [-0.2, -0.15) is 0 Å². The highest BCUT2D eigenvalue weighted by atomic mass is 32.1. The predicted octanol–water partition coefficient (Wildman–Crippen LogP) is 2.72. The molecule has 2 aromatic rings. The summed E-state index contributed by atoms with van der Waals surface area (Å²) in [5, 5.41) is 2.51. The van der Waals surface area contributed by atoms with E-state index in [-0.39, 0.29) is 10.7 Å². The van der Waals surface area contributed by atoms with Crippen molar-refractivity contribution < 1.29 is 9.18 Å². The van der Waals surface area contributed by atoms with E-state index in [4.69, 9.17) is 18.0 Å². The van der Waals surface area contributed by atoms with E-state index in [0.29, 0.717) is 16.8 Å². The van der Waals surface area contributed by atoms with Gasteiger partial charge in [0.15, 0.2) is 0 Å². The maximum absolute atomic E-state index is 13.9. The monoisotopic (exact) mass is 303 g/mol. The number of nitrogens with one attached hydrogen (secondary N) is 1. The number of hydrogen-bond acceptors (Lipinski definition) is 3. The molecule has 3 N–H and O–H groups in total. The number of aryl methyl sites for hydroxylation is 2. The van der Waals surface area contributed by atoms with Crippen molar-refractivity contribution in [1.82, 2.24) is 4.98 Å². The van der Waals surface area contributed by atoms with Gasteiger partial charge in [-0.05, 0) is 44.2 Å². The molecule has 0 spiro atoms. The van der Waals surface area contributed by atoms with Crippen LogP contribution in [0.25, 0.3) is 0 Å². The van der Waals surface area contributed by atoms with E-state index in [0.717, 1.165) is 5.69 Å². The van der Waals surface area contributed by atoms with Crippen LogP contribution in [0, 0.1) is 19.7 Å². The Hall–Kier alpha value is -2.34. The van der Waals surface area contributed by atoms with Crippen LogP contribution in [0.5, 0.6) is 0 Å². The highest BCUT2D eigenvalue weighted by molar-refractivity contribution is 7.80. The smallest absolute Gasteiger partial charge is 0.257 e. The van der Waals surface area contributed by atoms with E-state index < -0.39 is 11.7 Å². The molecule has 108 valence electrons. The van der Waals surface area contributed by atoms with Gasteiger partial charge in [-0.15, -0.1) is 0 Å². The number of nitrogens with two attached hydrogens (primary N) is 1. The Balaban J connectivity index is 2.25. The highest BCUT2D eigenvalue weighted by Gasteiger charge is 2.13. The van der Waals surface area contributed by atoms with Gasteiger partial charge in [-0.25, -0.2) is 4.39 Å². The quantitative estimate of drug-likeness (QED) is 0.856. The number of rotatable bonds is 3. The first-order valence-corrected chi connectivity index (χ1v) is 6.64. The van der Waals surface area contributed by atoms with E-state index in [2.05, 4.69) is 10.3 Å². The van der Waals surface area contributed by atoms with Crippen LogP contribution in [0.1, 0.15) is 27.3 Å². The Kier molecular flexibility index (Phi) is 4.28. The molecule has 1 amide bonds. The molecule has 0 fully saturated rings. The largest absolute Gasteiger partial charge is 0.389 e. The van der Waals surface area contributed by atoms with Gasteiger partial charge >= 0.3 is 0 Å². The van der Waals surface area contributed by atoms with Crippen LogP contribution < -0.4 is 11.1 Å². The van der Waals surface area contributed by atoms with E-state index in [1.807, 2.05) is 6.92 Å². The van der Waals surface area contributed by atoms with Crippen molar-refractivity contribution in [2.24, 2.45) is 5.73 Å². The van der Waals surface area contributed by atoms with Gasteiger partial charge in [0, 0.05) is 11.3 Å². The highest BCUT2D eigenvalue weighted by Crippen LogP contribution is 2.17. The minimum Gasteiger partial charge on any atom is -0.389 e. The van der Waals surface area contributed by atoms with Crippen molar-refractivity contribution in [2.45, 2.75) is 13.8 Å². The molecule has 0 saturated carbocycles. The molecule has 2 rings (SSSR count). The predicted molar refractivity (Wildman–Crippen MR) is 84.0 cm³/mol. The zero-order chi connectivity index (χ0) is 15.6. The summed E-state index contributed by atoms with van der Waals surface area (Å²) < 4.78 is 13.9. The van der Waals surface area contributed by atoms with Crippen molar-refractivity contribution >= 4 is 28.8 Å². The van der Waals surface area contributed by atoms with Gasteiger partial charge in [0.25, 0.3) is 5.91 Å². The molecule has 0 aliphatic carbocycles. The fourth-order valence-corrected chi connectivity index (χ4v) is 2.01. The summed E-state index contributed by atoms with van der Waals surface area (Å²) in [6.45, 7) is 3.57. The molecular weight excluding hydrogens is 289 g/mol. The average molecular weight is 303 g/mol. The molecule has 0 atom stereocenters. The number of anilines is 1. The molecule has 4 nitrogen and oxygen atoms in total. The summed E-state index contributed by atoms with van der Waals surface area (Å²) >= 11 is 4.77. The van der Waals surface area contributed by atoms with Crippen molar-refractivity contribution in [3.05, 3.63) is 58.7 Å². The Bertz CT molecular complexity index is 731. The maximum atomic E-state index is 13.9. The normalized spacial score (nSPS) is 10.2. The molecule has 0 aliphatic rings. The van der Waals surface area contributed by atoms with Crippen LogP contribution in [0.4, 0.5) is 10.1 Å². The molecule has 0 bridgehead atoms. The number of hydrogen-bond donors (Lipinski definition) is 2. The van der Waals surface area contributed by atoms with Gasteiger partial charge in [0.05, 0.1) is 16.9 Å². The van der Waals surface area contributed by atoms with E-state index >= 15 is 0 Å². The molecule has 0 unspecified atom stereocenters. The second kappa shape index (κ2) is 5.97. The third-order valence-electron chi connectivity index (χ3n) is 2.97.